The Kier molecular flexibility index (Phi) is 4.70. The van der Waals surface area contributed by atoms with Gasteiger partial charge in [0.25, 0.3) is 0 Å². The smallest absolute Gasteiger partial charge is 0.240 e. The summed E-state index contributed by atoms with van der Waals surface area (Å²) in [6.07, 6.45) is 4.79. The predicted molar refractivity (Wildman–Crippen MR) is 85.7 cm³/mol. The minimum absolute atomic E-state index is 0.00647. The molecule has 0 aliphatic rings. The molecule has 0 saturated heterocycles. The summed E-state index contributed by atoms with van der Waals surface area (Å²) >= 11 is 5.65. The average Bonchev–Trinajstić information content (AvgIpc) is 3.24. The quantitative estimate of drug-likeness (QED) is 0.724. The number of hydrogen-bond acceptors (Lipinski definition) is 4. The van der Waals surface area contributed by atoms with Gasteiger partial charge < -0.3 is 4.42 Å². The second-order valence-electron chi connectivity index (χ2n) is 4.95. The molecule has 3 rings (SSSR count). The molecular formula is C15H13ClFN3O3S. The van der Waals surface area contributed by atoms with Gasteiger partial charge in [0, 0.05) is 18.9 Å². The molecule has 1 atom stereocenters. The van der Waals surface area contributed by atoms with Crippen molar-refractivity contribution in [2.24, 2.45) is 0 Å². The second-order valence-corrected chi connectivity index (χ2v) is 7.12. The molecule has 0 amide bonds. The summed E-state index contributed by atoms with van der Waals surface area (Å²) in [7, 11) is -3.86. The van der Waals surface area contributed by atoms with Crippen molar-refractivity contribution < 1.29 is 17.2 Å². The Labute approximate surface area is 142 Å². The lowest BCUT2D eigenvalue weighted by molar-refractivity contribution is 0.402. The van der Waals surface area contributed by atoms with Crippen LogP contribution in [-0.2, 0) is 10.0 Å². The molecule has 1 aromatic carbocycles. The second kappa shape index (κ2) is 6.76. The highest BCUT2D eigenvalue weighted by molar-refractivity contribution is 7.89. The van der Waals surface area contributed by atoms with Crippen molar-refractivity contribution in [3.63, 3.8) is 0 Å². The van der Waals surface area contributed by atoms with E-state index in [0.29, 0.717) is 5.76 Å². The van der Waals surface area contributed by atoms with Gasteiger partial charge in [-0.15, -0.1) is 0 Å². The Balaban J connectivity index is 1.82. The first-order valence-corrected chi connectivity index (χ1v) is 8.81. The van der Waals surface area contributed by atoms with Crippen molar-refractivity contribution in [1.29, 1.82) is 0 Å². The van der Waals surface area contributed by atoms with Gasteiger partial charge in [-0.3, -0.25) is 4.68 Å². The van der Waals surface area contributed by atoms with Crippen molar-refractivity contribution in [3.05, 3.63) is 71.7 Å². The Morgan fingerprint density at radius 2 is 2.17 bits per heavy atom. The third-order valence-corrected chi connectivity index (χ3v) is 5.09. The van der Waals surface area contributed by atoms with Gasteiger partial charge in [-0.05, 0) is 36.4 Å². The summed E-state index contributed by atoms with van der Waals surface area (Å²) in [5.41, 5.74) is 0. The van der Waals surface area contributed by atoms with Crippen LogP contribution in [0.1, 0.15) is 11.8 Å². The maximum Gasteiger partial charge on any atom is 0.240 e. The van der Waals surface area contributed by atoms with Crippen LogP contribution in [-0.4, -0.2) is 24.7 Å². The minimum atomic E-state index is -3.86. The molecule has 0 radical (unpaired) electrons. The number of hydrogen-bond donors (Lipinski definition) is 1. The van der Waals surface area contributed by atoms with Crippen LogP contribution in [0.15, 0.2) is 64.4 Å². The third-order valence-electron chi connectivity index (χ3n) is 3.38. The Bertz CT molecular complexity index is 877. The molecule has 24 heavy (non-hydrogen) atoms. The lowest BCUT2D eigenvalue weighted by Gasteiger charge is -2.16. The molecule has 0 aliphatic carbocycles. The van der Waals surface area contributed by atoms with Crippen molar-refractivity contribution in [2.45, 2.75) is 10.9 Å². The fraction of sp³-hybridized carbons (Fsp3) is 0.133. The minimum Gasteiger partial charge on any atom is -0.467 e. The van der Waals surface area contributed by atoms with E-state index in [9.17, 15) is 12.8 Å². The highest BCUT2D eigenvalue weighted by Gasteiger charge is 2.22. The van der Waals surface area contributed by atoms with Crippen LogP contribution in [0.25, 0.3) is 0 Å². The Hall–Kier alpha value is -2.16. The molecule has 0 unspecified atom stereocenters. The third kappa shape index (κ3) is 3.50. The molecule has 3 aromatic rings. The molecule has 0 saturated carbocycles. The van der Waals surface area contributed by atoms with E-state index in [1.807, 2.05) is 0 Å². The number of furan rings is 1. The van der Waals surface area contributed by atoms with Crippen molar-refractivity contribution >= 4 is 21.6 Å². The number of rotatable bonds is 6. The van der Waals surface area contributed by atoms with E-state index in [0.717, 1.165) is 18.2 Å². The monoisotopic (exact) mass is 369 g/mol. The zero-order valence-electron chi connectivity index (χ0n) is 12.3. The number of nitrogens with zero attached hydrogens (tertiary/aromatic N) is 2. The molecule has 6 nitrogen and oxygen atoms in total. The first-order chi connectivity index (χ1) is 11.5. The summed E-state index contributed by atoms with van der Waals surface area (Å²) in [5.74, 6) is -0.126. The zero-order valence-corrected chi connectivity index (χ0v) is 13.8. The Morgan fingerprint density at radius 1 is 1.33 bits per heavy atom. The van der Waals surface area contributed by atoms with E-state index in [1.54, 1.807) is 35.3 Å². The van der Waals surface area contributed by atoms with Crippen LogP contribution in [0.2, 0.25) is 5.02 Å². The van der Waals surface area contributed by atoms with Crippen LogP contribution in [0, 0.1) is 5.82 Å². The van der Waals surface area contributed by atoms with Crippen LogP contribution in [0.5, 0.6) is 0 Å². The van der Waals surface area contributed by atoms with E-state index in [1.165, 1.54) is 6.26 Å². The van der Waals surface area contributed by atoms with Crippen LogP contribution in [0.3, 0.4) is 0 Å². The molecule has 0 spiro atoms. The van der Waals surface area contributed by atoms with Crippen molar-refractivity contribution in [3.8, 4) is 0 Å². The topological polar surface area (TPSA) is 77.1 Å². The molecular weight excluding hydrogens is 357 g/mol. The largest absolute Gasteiger partial charge is 0.467 e. The van der Waals surface area contributed by atoms with Crippen LogP contribution in [0.4, 0.5) is 4.39 Å². The van der Waals surface area contributed by atoms with Gasteiger partial charge in [-0.1, -0.05) is 11.6 Å². The summed E-state index contributed by atoms with van der Waals surface area (Å²) in [6, 6.07) is 7.93. The van der Waals surface area contributed by atoms with E-state index >= 15 is 0 Å². The fourth-order valence-corrected chi connectivity index (χ4v) is 3.50. The normalized spacial score (nSPS) is 13.1. The number of aromatic nitrogens is 2. The molecule has 9 heteroatoms. The fourth-order valence-electron chi connectivity index (χ4n) is 2.19. The number of benzene rings is 1. The molecule has 2 aromatic heterocycles. The highest BCUT2D eigenvalue weighted by atomic mass is 35.5. The number of sulfonamides is 1. The van der Waals surface area contributed by atoms with Gasteiger partial charge in [-0.2, -0.15) is 5.10 Å². The van der Waals surface area contributed by atoms with Gasteiger partial charge in [0.15, 0.2) is 0 Å². The number of halogens is 2. The first-order valence-electron chi connectivity index (χ1n) is 6.94. The summed E-state index contributed by atoms with van der Waals surface area (Å²) in [5, 5.41) is 3.87. The maximum absolute atomic E-state index is 13.2. The van der Waals surface area contributed by atoms with E-state index < -0.39 is 21.9 Å². The van der Waals surface area contributed by atoms with Gasteiger partial charge in [0.05, 0.1) is 16.2 Å². The lowest BCUT2D eigenvalue weighted by Crippen LogP contribution is -2.31. The summed E-state index contributed by atoms with van der Waals surface area (Å²) < 4.78 is 47.4. The lowest BCUT2D eigenvalue weighted by atomic mass is 10.2. The SMILES string of the molecule is O=S(=O)(NC[C@@H](c1ccco1)n1cccn1)c1ccc(F)c(Cl)c1. The number of nitrogens with one attached hydrogen (secondary N) is 1. The van der Waals surface area contributed by atoms with Crippen molar-refractivity contribution in [1.82, 2.24) is 14.5 Å². The Morgan fingerprint density at radius 3 is 2.79 bits per heavy atom. The van der Waals surface area contributed by atoms with Crippen LogP contribution >= 0.6 is 11.6 Å². The van der Waals surface area contributed by atoms with Gasteiger partial charge in [0.2, 0.25) is 10.0 Å². The van der Waals surface area contributed by atoms with E-state index in [-0.39, 0.29) is 16.5 Å². The molecule has 0 aliphatic heterocycles. The van der Waals surface area contributed by atoms with Crippen molar-refractivity contribution in [2.75, 3.05) is 6.54 Å². The van der Waals surface area contributed by atoms with Gasteiger partial charge in [0.1, 0.15) is 17.6 Å². The van der Waals surface area contributed by atoms with Gasteiger partial charge in [-0.25, -0.2) is 17.5 Å². The predicted octanol–water partition coefficient (Wildman–Crippen LogP) is 2.84. The molecule has 0 fully saturated rings. The van der Waals surface area contributed by atoms with Gasteiger partial charge >= 0.3 is 0 Å². The van der Waals surface area contributed by atoms with E-state index in [4.69, 9.17) is 16.0 Å². The maximum atomic E-state index is 13.2. The van der Waals surface area contributed by atoms with Crippen LogP contribution < -0.4 is 4.72 Å². The average molecular weight is 370 g/mol. The van der Waals surface area contributed by atoms with E-state index in [2.05, 4.69) is 9.82 Å². The molecule has 0 bridgehead atoms. The molecule has 2 heterocycles. The first kappa shape index (κ1) is 16.7. The highest BCUT2D eigenvalue weighted by Crippen LogP contribution is 2.21. The summed E-state index contributed by atoms with van der Waals surface area (Å²) in [6.45, 7) is 0.00647. The zero-order chi connectivity index (χ0) is 17.2. The molecule has 126 valence electrons. The standard InChI is InChI=1S/C15H13ClFN3O3S/c16-12-9-11(4-5-13(12)17)24(21,22)19-10-14(15-3-1-8-23-15)20-7-2-6-18-20/h1-9,14,19H,10H2/t14-/m0/s1. The summed E-state index contributed by atoms with van der Waals surface area (Å²) in [4.78, 5) is -0.118. The molecule has 1 N–H and O–H groups in total.